The van der Waals surface area contributed by atoms with Crippen LogP contribution in [0.2, 0.25) is 0 Å². The topological polar surface area (TPSA) is 75.7 Å². The van der Waals surface area contributed by atoms with Crippen LogP contribution in [0.25, 0.3) is 0 Å². The van der Waals surface area contributed by atoms with E-state index in [0.29, 0.717) is 36.2 Å². The summed E-state index contributed by atoms with van der Waals surface area (Å²) in [6.45, 7) is 6.37. The number of nitrogens with zero attached hydrogens (tertiary/aromatic N) is 1. The molecular formula is C21H26N2O4S. The molecule has 0 saturated heterocycles. The number of ether oxygens (including phenoxy) is 1. The average Bonchev–Trinajstić information content (AvgIpc) is 3.41. The van der Waals surface area contributed by atoms with E-state index < -0.39 is 10.0 Å². The maximum atomic E-state index is 12.9. The summed E-state index contributed by atoms with van der Waals surface area (Å²) >= 11 is 0. The highest BCUT2D eigenvalue weighted by atomic mass is 32.2. The van der Waals surface area contributed by atoms with Gasteiger partial charge >= 0.3 is 0 Å². The molecule has 28 heavy (non-hydrogen) atoms. The van der Waals surface area contributed by atoms with Gasteiger partial charge in [-0.05, 0) is 42.7 Å². The van der Waals surface area contributed by atoms with Gasteiger partial charge < -0.3 is 10.1 Å². The molecule has 0 bridgehead atoms. The van der Waals surface area contributed by atoms with E-state index in [1.807, 2.05) is 25.1 Å². The third-order valence-electron chi connectivity index (χ3n) is 4.97. The molecule has 2 unspecified atom stereocenters. The standard InChI is InChI=1S/C21H26N2O4S/c1-4-23(5-2)28(25,26)17-11-12-20(27-16-9-7-6-8-10-16)19(14-17)22-21(24)18-13-15(18)3/h6-12,14-15,18H,4-5,13H2,1-3H3,(H,22,24). The van der Waals surface area contributed by atoms with Crippen molar-refractivity contribution in [3.05, 3.63) is 48.5 Å². The Morgan fingerprint density at radius 1 is 1.14 bits per heavy atom. The van der Waals surface area contributed by atoms with Crippen LogP contribution < -0.4 is 10.1 Å². The van der Waals surface area contributed by atoms with Crippen LogP contribution in [0.1, 0.15) is 27.2 Å². The van der Waals surface area contributed by atoms with Crippen molar-refractivity contribution >= 4 is 21.6 Å². The minimum Gasteiger partial charge on any atom is -0.455 e. The van der Waals surface area contributed by atoms with E-state index in [1.165, 1.54) is 16.4 Å². The van der Waals surface area contributed by atoms with Gasteiger partial charge in [0.25, 0.3) is 0 Å². The molecule has 2 aromatic carbocycles. The van der Waals surface area contributed by atoms with Crippen molar-refractivity contribution in [3.8, 4) is 11.5 Å². The summed E-state index contributed by atoms with van der Waals surface area (Å²) in [6, 6.07) is 13.8. The zero-order valence-corrected chi connectivity index (χ0v) is 17.2. The SMILES string of the molecule is CCN(CC)S(=O)(=O)c1ccc(Oc2ccccc2)c(NC(=O)C2CC2C)c1. The molecule has 1 fully saturated rings. The Balaban J connectivity index is 1.96. The lowest BCUT2D eigenvalue weighted by atomic mass is 10.2. The molecule has 2 aromatic rings. The highest BCUT2D eigenvalue weighted by Crippen LogP contribution is 2.40. The van der Waals surface area contributed by atoms with Crippen LogP contribution in [0.15, 0.2) is 53.4 Å². The highest BCUT2D eigenvalue weighted by Gasteiger charge is 2.39. The van der Waals surface area contributed by atoms with Crippen molar-refractivity contribution in [1.29, 1.82) is 0 Å². The Hall–Kier alpha value is -2.38. The predicted molar refractivity (Wildman–Crippen MR) is 109 cm³/mol. The quantitative estimate of drug-likeness (QED) is 0.721. The maximum Gasteiger partial charge on any atom is 0.243 e. The Morgan fingerprint density at radius 3 is 2.36 bits per heavy atom. The van der Waals surface area contributed by atoms with Crippen molar-refractivity contribution in [2.24, 2.45) is 11.8 Å². The molecule has 0 radical (unpaired) electrons. The molecule has 0 spiro atoms. The first kappa shape index (κ1) is 20.4. The van der Waals surface area contributed by atoms with Gasteiger partial charge in [-0.25, -0.2) is 8.42 Å². The summed E-state index contributed by atoms with van der Waals surface area (Å²) < 4.78 is 33.0. The fourth-order valence-corrected chi connectivity index (χ4v) is 4.58. The second-order valence-electron chi connectivity index (χ2n) is 6.97. The van der Waals surface area contributed by atoms with Gasteiger partial charge in [0, 0.05) is 19.0 Å². The van der Waals surface area contributed by atoms with Crippen LogP contribution in [0.3, 0.4) is 0 Å². The number of hydrogen-bond donors (Lipinski definition) is 1. The second kappa shape index (κ2) is 8.32. The molecule has 150 valence electrons. The molecule has 6 nitrogen and oxygen atoms in total. The Morgan fingerprint density at radius 2 is 1.79 bits per heavy atom. The molecule has 1 aliphatic carbocycles. The number of rotatable bonds is 8. The number of benzene rings is 2. The van der Waals surface area contributed by atoms with E-state index in [0.717, 1.165) is 6.42 Å². The van der Waals surface area contributed by atoms with Crippen LogP contribution in [-0.2, 0) is 14.8 Å². The molecule has 1 amide bonds. The smallest absolute Gasteiger partial charge is 0.243 e. The van der Waals surface area contributed by atoms with Gasteiger partial charge in [-0.3, -0.25) is 4.79 Å². The number of para-hydroxylation sites is 1. The molecule has 0 aromatic heterocycles. The van der Waals surface area contributed by atoms with Gasteiger partial charge in [0.1, 0.15) is 5.75 Å². The minimum absolute atomic E-state index is 0.0346. The lowest BCUT2D eigenvalue weighted by Crippen LogP contribution is -2.30. The van der Waals surface area contributed by atoms with Gasteiger partial charge in [0.15, 0.2) is 5.75 Å². The summed E-state index contributed by atoms with van der Waals surface area (Å²) in [7, 11) is -3.64. The van der Waals surface area contributed by atoms with Crippen LogP contribution in [0, 0.1) is 11.8 Å². The Kier molecular flexibility index (Phi) is 6.05. The summed E-state index contributed by atoms with van der Waals surface area (Å²) in [4.78, 5) is 12.6. The maximum absolute atomic E-state index is 12.9. The van der Waals surface area contributed by atoms with E-state index in [1.54, 1.807) is 32.0 Å². The van der Waals surface area contributed by atoms with Crippen LogP contribution in [0.5, 0.6) is 11.5 Å². The molecule has 3 rings (SSSR count). The monoisotopic (exact) mass is 402 g/mol. The molecule has 0 aliphatic heterocycles. The molecule has 1 aliphatic rings. The fourth-order valence-electron chi connectivity index (χ4n) is 3.10. The van der Waals surface area contributed by atoms with E-state index in [-0.39, 0.29) is 16.7 Å². The van der Waals surface area contributed by atoms with Gasteiger partial charge in [-0.2, -0.15) is 4.31 Å². The normalized spacial score (nSPS) is 18.7. The largest absolute Gasteiger partial charge is 0.455 e. The molecule has 0 heterocycles. The van der Waals surface area contributed by atoms with Crippen molar-refractivity contribution in [1.82, 2.24) is 4.31 Å². The first-order valence-corrected chi connectivity index (χ1v) is 11.0. The number of carbonyl (C=O) groups is 1. The first-order valence-electron chi connectivity index (χ1n) is 9.54. The number of anilines is 1. The molecule has 7 heteroatoms. The Labute approximate surface area is 166 Å². The van der Waals surface area contributed by atoms with E-state index >= 15 is 0 Å². The van der Waals surface area contributed by atoms with Crippen LogP contribution in [0.4, 0.5) is 5.69 Å². The molecular weight excluding hydrogens is 376 g/mol. The van der Waals surface area contributed by atoms with E-state index in [2.05, 4.69) is 5.32 Å². The van der Waals surface area contributed by atoms with Crippen molar-refractivity contribution in [3.63, 3.8) is 0 Å². The first-order chi connectivity index (χ1) is 13.4. The third kappa shape index (κ3) is 4.36. The second-order valence-corrected chi connectivity index (χ2v) is 8.91. The third-order valence-corrected chi connectivity index (χ3v) is 7.02. The zero-order chi connectivity index (χ0) is 20.3. The number of hydrogen-bond acceptors (Lipinski definition) is 4. The fraction of sp³-hybridized carbons (Fsp3) is 0.381. The number of amides is 1. The van der Waals surface area contributed by atoms with Gasteiger partial charge in [0.2, 0.25) is 15.9 Å². The van der Waals surface area contributed by atoms with E-state index in [4.69, 9.17) is 4.74 Å². The molecule has 2 atom stereocenters. The van der Waals surface area contributed by atoms with Crippen molar-refractivity contribution in [2.75, 3.05) is 18.4 Å². The van der Waals surface area contributed by atoms with Crippen LogP contribution >= 0.6 is 0 Å². The average molecular weight is 403 g/mol. The molecule has 1 N–H and O–H groups in total. The number of nitrogens with one attached hydrogen (secondary N) is 1. The lowest BCUT2D eigenvalue weighted by Gasteiger charge is -2.20. The van der Waals surface area contributed by atoms with E-state index in [9.17, 15) is 13.2 Å². The van der Waals surface area contributed by atoms with Gasteiger partial charge in [-0.15, -0.1) is 0 Å². The minimum atomic E-state index is -3.64. The van der Waals surface area contributed by atoms with Crippen molar-refractivity contribution < 1.29 is 17.9 Å². The zero-order valence-electron chi connectivity index (χ0n) is 16.4. The number of sulfonamides is 1. The summed E-state index contributed by atoms with van der Waals surface area (Å²) in [5, 5.41) is 2.86. The van der Waals surface area contributed by atoms with Gasteiger partial charge in [-0.1, -0.05) is 39.0 Å². The van der Waals surface area contributed by atoms with Gasteiger partial charge in [0.05, 0.1) is 10.6 Å². The number of carbonyl (C=O) groups excluding carboxylic acids is 1. The lowest BCUT2D eigenvalue weighted by molar-refractivity contribution is -0.117. The summed E-state index contributed by atoms with van der Waals surface area (Å²) in [6.07, 6.45) is 0.845. The van der Waals surface area contributed by atoms with Crippen molar-refractivity contribution in [2.45, 2.75) is 32.1 Å². The predicted octanol–water partition coefficient (Wildman–Crippen LogP) is 4.10. The Bertz CT molecular complexity index is 940. The highest BCUT2D eigenvalue weighted by molar-refractivity contribution is 7.89. The molecule has 1 saturated carbocycles. The summed E-state index contributed by atoms with van der Waals surface area (Å²) in [5.74, 6) is 1.22. The van der Waals surface area contributed by atoms with Crippen LogP contribution in [-0.4, -0.2) is 31.7 Å². The summed E-state index contributed by atoms with van der Waals surface area (Å²) in [5.41, 5.74) is 0.362.